The van der Waals surface area contributed by atoms with Crippen molar-refractivity contribution in [3.05, 3.63) is 47.6 Å². The first-order chi connectivity index (χ1) is 16.3. The number of hydrogen-bond donors (Lipinski definition) is 0. The van der Waals surface area contributed by atoms with E-state index in [1.54, 1.807) is 17.2 Å². The number of rotatable bonds is 3. The van der Waals surface area contributed by atoms with E-state index >= 15 is 0 Å². The van der Waals surface area contributed by atoms with E-state index in [0.717, 1.165) is 44.1 Å². The highest BCUT2D eigenvalue weighted by Gasteiger charge is 2.56. The fourth-order valence-corrected chi connectivity index (χ4v) is 7.87. The highest BCUT2D eigenvalue weighted by molar-refractivity contribution is 6.05. The summed E-state index contributed by atoms with van der Waals surface area (Å²) in [5.41, 5.74) is 3.06. The minimum atomic E-state index is -4.71. The maximum absolute atomic E-state index is 12.6. The summed E-state index contributed by atoms with van der Waals surface area (Å²) in [6, 6.07) is 6.06. The molecule has 4 aliphatic carbocycles. The van der Waals surface area contributed by atoms with E-state index in [1.165, 1.54) is 17.7 Å². The number of anilines is 1. The lowest BCUT2D eigenvalue weighted by atomic mass is 9.56. The van der Waals surface area contributed by atoms with Crippen LogP contribution in [0.1, 0.15) is 45.4 Å². The number of hydrogen-bond acceptors (Lipinski definition) is 4. The second-order valence-electron chi connectivity index (χ2n) is 10.5. The van der Waals surface area contributed by atoms with Crippen LogP contribution in [0.4, 0.5) is 18.9 Å². The maximum Gasteiger partial charge on any atom is 0.573 e. The van der Waals surface area contributed by atoms with Crippen molar-refractivity contribution in [2.45, 2.75) is 57.9 Å². The Morgan fingerprint density at radius 2 is 1.94 bits per heavy atom. The molecule has 0 radical (unpaired) electrons. The van der Waals surface area contributed by atoms with Gasteiger partial charge in [0, 0.05) is 17.9 Å². The number of nitrogens with zero attached hydrogens (tertiary/aromatic N) is 1. The molecule has 6 rings (SSSR count). The van der Waals surface area contributed by atoms with Crippen molar-refractivity contribution >= 4 is 11.5 Å². The largest absolute Gasteiger partial charge is 0.573 e. The molecule has 0 aromatic heterocycles. The van der Waals surface area contributed by atoms with Gasteiger partial charge in [-0.2, -0.15) is 0 Å². The molecule has 34 heavy (non-hydrogen) atoms. The fourth-order valence-electron chi connectivity index (χ4n) is 7.87. The molecule has 5 aliphatic rings. The molecule has 4 nitrogen and oxygen atoms in total. The van der Waals surface area contributed by atoms with Crippen molar-refractivity contribution in [2.24, 2.45) is 35.5 Å². The third-order valence-electron chi connectivity index (χ3n) is 9.04. The number of ketones is 1. The average Bonchev–Trinajstić information content (AvgIpc) is 3.36. The zero-order chi connectivity index (χ0) is 23.6. The predicted molar refractivity (Wildman–Crippen MR) is 121 cm³/mol. The van der Waals surface area contributed by atoms with Crippen molar-refractivity contribution < 1.29 is 27.5 Å². The zero-order valence-electron chi connectivity index (χ0n) is 19.3. The molecule has 1 aromatic carbocycles. The molecule has 0 spiro atoms. The van der Waals surface area contributed by atoms with Crippen LogP contribution in [0.15, 0.2) is 47.6 Å². The van der Waals surface area contributed by atoms with Gasteiger partial charge < -0.3 is 4.74 Å². The van der Waals surface area contributed by atoms with Gasteiger partial charge in [-0.25, -0.2) is 0 Å². The summed E-state index contributed by atoms with van der Waals surface area (Å²) >= 11 is 0. The molecule has 0 bridgehead atoms. The molecule has 1 aliphatic heterocycles. The van der Waals surface area contributed by atoms with E-state index in [9.17, 15) is 18.0 Å². The van der Waals surface area contributed by atoms with Crippen molar-refractivity contribution in [3.63, 3.8) is 0 Å². The number of fused-ring (bicyclic) bond motifs is 7. The fraction of sp³-hybridized carbons (Fsp3) is 0.593. The van der Waals surface area contributed by atoms with Gasteiger partial charge in [0.15, 0.2) is 5.78 Å². The van der Waals surface area contributed by atoms with Crippen LogP contribution in [0.25, 0.3) is 0 Å². The van der Waals surface area contributed by atoms with E-state index in [4.69, 9.17) is 4.84 Å². The number of carbonyl (C=O) groups is 1. The van der Waals surface area contributed by atoms with Crippen LogP contribution in [0, 0.1) is 35.5 Å². The predicted octanol–water partition coefficient (Wildman–Crippen LogP) is 6.24. The van der Waals surface area contributed by atoms with Crippen molar-refractivity contribution in [1.29, 1.82) is 0 Å². The molecule has 1 heterocycles. The SMILES string of the molecule is CCC1=C2CCC3C(CCC4C3CC3CN(c5cccc(OC(F)(F)F)c5)OC34)C2C=CC1=O. The van der Waals surface area contributed by atoms with E-state index in [2.05, 4.69) is 17.7 Å². The Balaban J connectivity index is 1.17. The molecule has 1 saturated heterocycles. The normalized spacial score (nSPS) is 36.8. The third kappa shape index (κ3) is 3.67. The molecular weight excluding hydrogens is 443 g/mol. The van der Waals surface area contributed by atoms with Gasteiger partial charge in [-0.1, -0.05) is 24.6 Å². The minimum absolute atomic E-state index is 0.129. The van der Waals surface area contributed by atoms with Gasteiger partial charge in [-0.05, 0) is 86.0 Å². The highest BCUT2D eigenvalue weighted by atomic mass is 19.4. The second-order valence-corrected chi connectivity index (χ2v) is 10.5. The lowest BCUT2D eigenvalue weighted by Crippen LogP contribution is -2.42. The summed E-state index contributed by atoms with van der Waals surface area (Å²) in [5.74, 6) is 3.20. The monoisotopic (exact) mass is 473 g/mol. The van der Waals surface area contributed by atoms with Crippen LogP contribution >= 0.6 is 0 Å². The summed E-state index contributed by atoms with van der Waals surface area (Å²) in [4.78, 5) is 18.8. The molecule has 7 heteroatoms. The summed E-state index contributed by atoms with van der Waals surface area (Å²) in [6.07, 6.45) is 5.79. The van der Waals surface area contributed by atoms with Gasteiger partial charge >= 0.3 is 6.36 Å². The van der Waals surface area contributed by atoms with Gasteiger partial charge in [0.05, 0.1) is 18.3 Å². The third-order valence-corrected chi connectivity index (χ3v) is 9.04. The molecule has 0 amide bonds. The summed E-state index contributed by atoms with van der Waals surface area (Å²) < 4.78 is 42.0. The van der Waals surface area contributed by atoms with Gasteiger partial charge in [0.25, 0.3) is 0 Å². The van der Waals surface area contributed by atoms with E-state index in [-0.39, 0.29) is 17.6 Å². The Kier molecular flexibility index (Phi) is 5.32. The molecular formula is C27H30F3NO3. The standard InChI is InChI=1S/C27H30F3NO3/c1-2-18-19-6-7-22-20(21(19)10-11-25(18)32)8-9-23-24(22)12-15-14-31(34-26(15)23)16-4-3-5-17(13-16)33-27(28,29)30/h3-5,10-11,13,15,20-24,26H,2,6-9,12,14H2,1H3. The van der Waals surface area contributed by atoms with Gasteiger partial charge in [0.1, 0.15) is 5.75 Å². The van der Waals surface area contributed by atoms with Crippen molar-refractivity contribution in [1.82, 2.24) is 0 Å². The van der Waals surface area contributed by atoms with Gasteiger partial charge in [0.2, 0.25) is 0 Å². The smallest absolute Gasteiger partial charge is 0.406 e. The topological polar surface area (TPSA) is 38.8 Å². The lowest BCUT2D eigenvalue weighted by Gasteiger charge is -2.49. The number of benzene rings is 1. The lowest BCUT2D eigenvalue weighted by molar-refractivity contribution is -0.274. The van der Waals surface area contributed by atoms with Gasteiger partial charge in [-0.15, -0.1) is 13.2 Å². The first-order valence-electron chi connectivity index (χ1n) is 12.6. The molecule has 7 unspecified atom stereocenters. The summed E-state index contributed by atoms with van der Waals surface area (Å²) in [5, 5.41) is 1.77. The van der Waals surface area contributed by atoms with E-state index < -0.39 is 6.36 Å². The number of hydroxylamine groups is 1. The maximum atomic E-state index is 12.6. The Bertz CT molecular complexity index is 1050. The quantitative estimate of drug-likeness (QED) is 0.521. The zero-order valence-corrected chi connectivity index (χ0v) is 19.3. The number of halogens is 3. The molecule has 7 atom stereocenters. The molecule has 0 N–H and O–H groups in total. The van der Waals surface area contributed by atoms with Crippen LogP contribution in [0.2, 0.25) is 0 Å². The Labute approximate surface area is 197 Å². The van der Waals surface area contributed by atoms with E-state index in [1.807, 2.05) is 6.08 Å². The van der Waals surface area contributed by atoms with E-state index in [0.29, 0.717) is 47.7 Å². The average molecular weight is 474 g/mol. The number of carbonyl (C=O) groups excluding carboxylic acids is 1. The number of alkyl halides is 3. The van der Waals surface area contributed by atoms with Crippen LogP contribution in [-0.2, 0) is 9.63 Å². The molecule has 3 saturated carbocycles. The summed E-state index contributed by atoms with van der Waals surface area (Å²) in [6.45, 7) is 2.79. The summed E-state index contributed by atoms with van der Waals surface area (Å²) in [7, 11) is 0. The highest BCUT2D eigenvalue weighted by Crippen LogP contribution is 2.59. The Hall–Kier alpha value is -2.28. The Morgan fingerprint density at radius 3 is 2.74 bits per heavy atom. The van der Waals surface area contributed by atoms with Crippen LogP contribution < -0.4 is 9.80 Å². The van der Waals surface area contributed by atoms with Crippen LogP contribution in [0.3, 0.4) is 0 Å². The van der Waals surface area contributed by atoms with Crippen molar-refractivity contribution in [2.75, 3.05) is 11.6 Å². The first-order valence-corrected chi connectivity index (χ1v) is 12.6. The number of allylic oxidation sites excluding steroid dienone is 4. The molecule has 182 valence electrons. The molecule has 4 fully saturated rings. The first kappa shape index (κ1) is 22.2. The van der Waals surface area contributed by atoms with Crippen LogP contribution in [0.5, 0.6) is 5.75 Å². The molecule has 1 aromatic rings. The van der Waals surface area contributed by atoms with Crippen LogP contribution in [-0.4, -0.2) is 24.8 Å². The Morgan fingerprint density at radius 1 is 1.12 bits per heavy atom. The second kappa shape index (κ2) is 8.14. The van der Waals surface area contributed by atoms with Crippen molar-refractivity contribution in [3.8, 4) is 5.75 Å². The van der Waals surface area contributed by atoms with Gasteiger partial charge in [-0.3, -0.25) is 14.7 Å². The number of ether oxygens (including phenoxy) is 1. The minimum Gasteiger partial charge on any atom is -0.406 e.